The van der Waals surface area contributed by atoms with Crippen molar-refractivity contribution in [3.8, 4) is 0 Å². The predicted octanol–water partition coefficient (Wildman–Crippen LogP) is 3.91. The number of hydrogen-bond acceptors (Lipinski definition) is 1. The zero-order valence-electron chi connectivity index (χ0n) is 12.9. The smallest absolute Gasteiger partial charge is 0.230 e. The van der Waals surface area contributed by atoms with Crippen molar-refractivity contribution in [3.05, 3.63) is 35.9 Å². The Kier molecular flexibility index (Phi) is 5.59. The average molecular weight is 261 g/mol. The van der Waals surface area contributed by atoms with Crippen LogP contribution in [0.2, 0.25) is 0 Å². The zero-order valence-corrected chi connectivity index (χ0v) is 12.9. The number of amides is 1. The lowest BCUT2D eigenvalue weighted by Gasteiger charge is -2.22. The summed E-state index contributed by atoms with van der Waals surface area (Å²) in [5, 5.41) is 3.14. The van der Waals surface area contributed by atoms with Crippen LogP contribution < -0.4 is 5.32 Å². The highest BCUT2D eigenvalue weighted by Gasteiger charge is 2.51. The van der Waals surface area contributed by atoms with Crippen LogP contribution in [0.1, 0.15) is 53.0 Å². The molecule has 1 aliphatic carbocycles. The number of benzene rings is 1. The van der Waals surface area contributed by atoms with Gasteiger partial charge >= 0.3 is 0 Å². The van der Waals surface area contributed by atoms with Crippen LogP contribution >= 0.6 is 0 Å². The van der Waals surface area contributed by atoms with Crippen LogP contribution in [0.5, 0.6) is 0 Å². The summed E-state index contributed by atoms with van der Waals surface area (Å²) in [5.74, 6) is 0.676. The van der Waals surface area contributed by atoms with E-state index in [-0.39, 0.29) is 17.4 Å². The van der Waals surface area contributed by atoms with E-state index in [1.165, 1.54) is 0 Å². The number of hydrogen-bond donors (Lipinski definition) is 1. The molecule has 0 radical (unpaired) electrons. The van der Waals surface area contributed by atoms with E-state index >= 15 is 0 Å². The van der Waals surface area contributed by atoms with Gasteiger partial charge in [-0.15, -0.1) is 0 Å². The molecule has 0 saturated heterocycles. The van der Waals surface area contributed by atoms with Gasteiger partial charge in [0, 0.05) is 6.04 Å². The molecule has 1 N–H and O–H groups in total. The van der Waals surface area contributed by atoms with E-state index < -0.39 is 0 Å². The highest BCUT2D eigenvalue weighted by molar-refractivity contribution is 5.91. The summed E-state index contributed by atoms with van der Waals surface area (Å²) >= 11 is 0. The fraction of sp³-hybridized carbons (Fsp3) is 0.588. The molecule has 1 amide bonds. The monoisotopic (exact) mass is 261 g/mol. The van der Waals surface area contributed by atoms with Gasteiger partial charge in [0.15, 0.2) is 0 Å². The lowest BCUT2D eigenvalue weighted by atomic mass is 9.94. The van der Waals surface area contributed by atoms with Gasteiger partial charge in [0.1, 0.15) is 0 Å². The second-order valence-electron chi connectivity index (χ2n) is 5.45. The molecule has 0 aliphatic heterocycles. The van der Waals surface area contributed by atoms with Crippen LogP contribution in [0.3, 0.4) is 0 Å². The van der Waals surface area contributed by atoms with Gasteiger partial charge in [0.25, 0.3) is 0 Å². The fourth-order valence-electron chi connectivity index (χ4n) is 2.04. The Balaban J connectivity index is 0.000000861. The maximum absolute atomic E-state index is 12.3. The second-order valence-corrected chi connectivity index (χ2v) is 5.45. The summed E-state index contributed by atoms with van der Waals surface area (Å²) in [6.45, 7) is 10.3. The van der Waals surface area contributed by atoms with Gasteiger partial charge in [-0.1, -0.05) is 58.0 Å². The molecule has 0 bridgehead atoms. The summed E-state index contributed by atoms with van der Waals surface area (Å²) in [6.07, 6.45) is 1.96. The van der Waals surface area contributed by atoms with Crippen molar-refractivity contribution in [1.82, 2.24) is 5.32 Å². The molecule has 0 aromatic heterocycles. The number of rotatable bonds is 4. The molecule has 2 heteroatoms. The summed E-state index contributed by atoms with van der Waals surface area (Å²) in [5.41, 5.74) is 0.929. The minimum absolute atomic E-state index is 0.199. The van der Waals surface area contributed by atoms with Gasteiger partial charge in [-0.2, -0.15) is 0 Å². The Morgan fingerprint density at radius 2 is 1.63 bits per heavy atom. The molecule has 0 heterocycles. The van der Waals surface area contributed by atoms with E-state index in [1.54, 1.807) is 0 Å². The van der Waals surface area contributed by atoms with Crippen molar-refractivity contribution in [2.45, 2.75) is 58.9 Å². The van der Waals surface area contributed by atoms with Crippen molar-refractivity contribution in [2.24, 2.45) is 5.92 Å². The fourth-order valence-corrected chi connectivity index (χ4v) is 2.04. The minimum Gasteiger partial charge on any atom is -0.353 e. The average Bonchev–Trinajstić information content (AvgIpc) is 3.23. The van der Waals surface area contributed by atoms with Crippen LogP contribution in [0.25, 0.3) is 0 Å². The van der Waals surface area contributed by atoms with Gasteiger partial charge in [-0.25, -0.2) is 0 Å². The first-order chi connectivity index (χ1) is 9.06. The first kappa shape index (κ1) is 15.7. The molecular formula is C17H27NO. The van der Waals surface area contributed by atoms with Crippen LogP contribution in [-0.4, -0.2) is 11.9 Å². The molecule has 2 rings (SSSR count). The summed E-state index contributed by atoms with van der Waals surface area (Å²) in [4.78, 5) is 12.3. The van der Waals surface area contributed by atoms with E-state index in [4.69, 9.17) is 0 Å². The standard InChI is InChI=1S/C15H21NO.C2H6/c1-11(2)12(3)16-14(17)15(9-10-15)13-7-5-4-6-8-13;1-2/h4-8,11-12H,9-10H2,1-3H3,(H,16,17);1-2H3. The Morgan fingerprint density at radius 3 is 2.05 bits per heavy atom. The summed E-state index contributed by atoms with van der Waals surface area (Å²) < 4.78 is 0. The molecule has 0 spiro atoms. The van der Waals surface area contributed by atoms with Crippen molar-refractivity contribution >= 4 is 5.91 Å². The Bertz CT molecular complexity index is 393. The minimum atomic E-state index is -0.232. The molecule has 1 unspecified atom stereocenters. The lowest BCUT2D eigenvalue weighted by molar-refractivity contribution is -0.124. The second kappa shape index (κ2) is 6.74. The van der Waals surface area contributed by atoms with E-state index in [9.17, 15) is 4.79 Å². The molecule has 1 fully saturated rings. The van der Waals surface area contributed by atoms with E-state index in [0.717, 1.165) is 18.4 Å². The molecule has 1 aliphatic rings. The van der Waals surface area contributed by atoms with Crippen molar-refractivity contribution in [2.75, 3.05) is 0 Å². The number of carbonyl (C=O) groups is 1. The third-order valence-corrected chi connectivity index (χ3v) is 3.87. The summed E-state index contributed by atoms with van der Waals surface area (Å²) in [7, 11) is 0. The van der Waals surface area contributed by atoms with Gasteiger partial charge in [0.05, 0.1) is 5.41 Å². The molecular weight excluding hydrogens is 234 g/mol. The molecule has 19 heavy (non-hydrogen) atoms. The van der Waals surface area contributed by atoms with Crippen molar-refractivity contribution in [3.63, 3.8) is 0 Å². The van der Waals surface area contributed by atoms with Crippen LogP contribution in [0.15, 0.2) is 30.3 Å². The van der Waals surface area contributed by atoms with Gasteiger partial charge < -0.3 is 5.32 Å². The number of nitrogens with one attached hydrogen (secondary N) is 1. The topological polar surface area (TPSA) is 29.1 Å². The SMILES string of the molecule is CC.CC(C)C(C)NC(=O)C1(c2ccccc2)CC1. The van der Waals surface area contributed by atoms with Crippen LogP contribution in [0.4, 0.5) is 0 Å². The van der Waals surface area contributed by atoms with Crippen LogP contribution in [0, 0.1) is 5.92 Å². The van der Waals surface area contributed by atoms with E-state index in [2.05, 4.69) is 38.2 Å². The third-order valence-electron chi connectivity index (χ3n) is 3.87. The Morgan fingerprint density at radius 1 is 1.11 bits per heavy atom. The summed E-state index contributed by atoms with van der Waals surface area (Å²) in [6, 6.07) is 10.4. The quantitative estimate of drug-likeness (QED) is 0.875. The molecule has 2 nitrogen and oxygen atoms in total. The molecule has 106 valence electrons. The zero-order chi connectivity index (χ0) is 14.5. The maximum Gasteiger partial charge on any atom is 0.230 e. The highest BCUT2D eigenvalue weighted by atomic mass is 16.2. The van der Waals surface area contributed by atoms with Crippen LogP contribution in [-0.2, 0) is 10.2 Å². The largest absolute Gasteiger partial charge is 0.353 e. The molecule has 1 atom stereocenters. The molecule has 1 aromatic rings. The lowest BCUT2D eigenvalue weighted by Crippen LogP contribution is -2.42. The number of carbonyl (C=O) groups excluding carboxylic acids is 1. The predicted molar refractivity (Wildman–Crippen MR) is 81.1 cm³/mol. The van der Waals surface area contributed by atoms with Gasteiger partial charge in [-0.3, -0.25) is 4.79 Å². The Hall–Kier alpha value is -1.31. The maximum atomic E-state index is 12.3. The van der Waals surface area contributed by atoms with E-state index in [1.807, 2.05) is 32.0 Å². The Labute approximate surface area is 117 Å². The van der Waals surface area contributed by atoms with Gasteiger partial charge in [0.2, 0.25) is 5.91 Å². The molecule has 1 saturated carbocycles. The normalized spacial score (nSPS) is 17.2. The first-order valence-corrected chi connectivity index (χ1v) is 7.43. The van der Waals surface area contributed by atoms with E-state index in [0.29, 0.717) is 5.92 Å². The first-order valence-electron chi connectivity index (χ1n) is 7.43. The van der Waals surface area contributed by atoms with Crippen molar-refractivity contribution in [1.29, 1.82) is 0 Å². The van der Waals surface area contributed by atoms with Crippen molar-refractivity contribution < 1.29 is 4.79 Å². The molecule has 1 aromatic carbocycles. The van der Waals surface area contributed by atoms with Gasteiger partial charge in [-0.05, 0) is 31.2 Å². The third kappa shape index (κ3) is 3.59. The highest BCUT2D eigenvalue weighted by Crippen LogP contribution is 2.48.